The molecule has 3 aromatic rings. The summed E-state index contributed by atoms with van der Waals surface area (Å²) in [6, 6.07) is 17.1. The second kappa shape index (κ2) is 7.67. The second-order valence-electron chi connectivity index (χ2n) is 5.79. The van der Waals surface area contributed by atoms with E-state index in [-0.39, 0.29) is 19.3 Å². The Morgan fingerprint density at radius 2 is 2.00 bits per heavy atom. The predicted octanol–water partition coefficient (Wildman–Crippen LogP) is 3.86. The maximum atomic E-state index is 12.0. The van der Waals surface area contributed by atoms with E-state index in [1.165, 1.54) is 6.21 Å². The minimum atomic E-state index is -0.355. The van der Waals surface area contributed by atoms with Gasteiger partial charge in [0.15, 0.2) is 18.1 Å². The number of amides is 1. The highest BCUT2D eigenvalue weighted by Gasteiger charge is 2.12. The van der Waals surface area contributed by atoms with E-state index in [9.17, 15) is 4.79 Å². The lowest BCUT2D eigenvalue weighted by atomic mass is 10.1. The maximum Gasteiger partial charge on any atom is 0.277 e. The largest absolute Gasteiger partial charge is 0.483 e. The fraction of sp³-hybridized carbons (Fsp3) is 0.100. The van der Waals surface area contributed by atoms with Gasteiger partial charge in [-0.1, -0.05) is 30.3 Å². The van der Waals surface area contributed by atoms with Crippen molar-refractivity contribution >= 4 is 38.8 Å². The average Bonchev–Trinajstić information content (AvgIpc) is 3.15. The summed E-state index contributed by atoms with van der Waals surface area (Å²) in [5.74, 6) is 1.61. The Kier molecular flexibility index (Phi) is 4.93. The van der Waals surface area contributed by atoms with Crippen molar-refractivity contribution in [3.05, 3.63) is 64.6 Å². The molecular formula is C20H15BrN2O4. The molecule has 136 valence electrons. The summed E-state index contributed by atoms with van der Waals surface area (Å²) < 4.78 is 17.0. The molecule has 0 saturated carbocycles. The monoisotopic (exact) mass is 426 g/mol. The number of fused-ring (bicyclic) bond motifs is 2. The lowest BCUT2D eigenvalue weighted by Gasteiger charge is -2.09. The van der Waals surface area contributed by atoms with E-state index in [2.05, 4.69) is 26.5 Å². The van der Waals surface area contributed by atoms with Crippen molar-refractivity contribution in [2.45, 2.75) is 0 Å². The summed E-state index contributed by atoms with van der Waals surface area (Å²) in [4.78, 5) is 12.0. The molecule has 0 fully saturated rings. The zero-order valence-corrected chi connectivity index (χ0v) is 15.7. The van der Waals surface area contributed by atoms with Gasteiger partial charge in [-0.05, 0) is 56.5 Å². The zero-order valence-electron chi connectivity index (χ0n) is 14.1. The van der Waals surface area contributed by atoms with Crippen molar-refractivity contribution in [3.63, 3.8) is 0 Å². The van der Waals surface area contributed by atoms with E-state index in [4.69, 9.17) is 14.2 Å². The highest BCUT2D eigenvalue weighted by atomic mass is 79.9. The van der Waals surface area contributed by atoms with Gasteiger partial charge >= 0.3 is 0 Å². The third-order valence-electron chi connectivity index (χ3n) is 3.99. The van der Waals surface area contributed by atoms with E-state index >= 15 is 0 Å². The lowest BCUT2D eigenvalue weighted by Crippen LogP contribution is -2.24. The normalized spacial score (nSPS) is 12.5. The summed E-state index contributed by atoms with van der Waals surface area (Å²) in [5, 5.41) is 6.06. The van der Waals surface area contributed by atoms with Crippen LogP contribution in [0.2, 0.25) is 0 Å². The number of hydrazone groups is 1. The number of nitrogens with zero attached hydrogens (tertiary/aromatic N) is 1. The van der Waals surface area contributed by atoms with Gasteiger partial charge in [-0.2, -0.15) is 5.10 Å². The first-order valence-corrected chi connectivity index (χ1v) is 9.01. The van der Waals surface area contributed by atoms with Gasteiger partial charge in [0.2, 0.25) is 6.79 Å². The van der Waals surface area contributed by atoms with Crippen LogP contribution in [0.3, 0.4) is 0 Å². The van der Waals surface area contributed by atoms with Crippen LogP contribution >= 0.6 is 15.9 Å². The minimum absolute atomic E-state index is 0.143. The van der Waals surface area contributed by atoms with Crippen LogP contribution < -0.4 is 19.6 Å². The molecule has 1 aliphatic rings. The third-order valence-corrected chi connectivity index (χ3v) is 4.80. The van der Waals surface area contributed by atoms with E-state index < -0.39 is 0 Å². The fourth-order valence-electron chi connectivity index (χ4n) is 2.67. The van der Waals surface area contributed by atoms with Crippen molar-refractivity contribution in [3.8, 4) is 17.2 Å². The standard InChI is InChI=1S/C20H15BrN2O4/c21-20-15-4-2-1-3-14(15)6-8-17(20)25-11-19(24)23-22-10-13-5-7-16-18(9-13)27-12-26-16/h1-10H,11-12H2,(H,23,24)/b22-10-. The molecule has 4 rings (SSSR count). The summed E-state index contributed by atoms with van der Waals surface area (Å²) >= 11 is 3.53. The molecule has 0 spiro atoms. The molecule has 1 aliphatic heterocycles. The third kappa shape index (κ3) is 3.88. The van der Waals surface area contributed by atoms with Gasteiger partial charge in [0.25, 0.3) is 5.91 Å². The SMILES string of the molecule is O=C(COc1ccc2ccccc2c1Br)N/N=C\c1ccc2c(c1)OCO2. The van der Waals surface area contributed by atoms with Crippen LogP contribution in [0.15, 0.2) is 64.2 Å². The average molecular weight is 427 g/mol. The zero-order chi connectivity index (χ0) is 18.6. The molecule has 0 unspecified atom stereocenters. The Labute approximate surface area is 163 Å². The number of hydrogen-bond acceptors (Lipinski definition) is 5. The first-order chi connectivity index (χ1) is 13.2. The summed E-state index contributed by atoms with van der Waals surface area (Å²) in [7, 11) is 0. The maximum absolute atomic E-state index is 12.0. The topological polar surface area (TPSA) is 69.2 Å². The molecular weight excluding hydrogens is 412 g/mol. The predicted molar refractivity (Wildman–Crippen MR) is 105 cm³/mol. The van der Waals surface area contributed by atoms with Crippen molar-refractivity contribution in [2.75, 3.05) is 13.4 Å². The number of halogens is 1. The molecule has 6 nitrogen and oxygen atoms in total. The van der Waals surface area contributed by atoms with Crippen LogP contribution in [0.25, 0.3) is 10.8 Å². The quantitative estimate of drug-likeness (QED) is 0.496. The van der Waals surface area contributed by atoms with Crippen molar-refractivity contribution in [2.24, 2.45) is 5.10 Å². The number of carbonyl (C=O) groups is 1. The molecule has 1 heterocycles. The molecule has 3 aromatic carbocycles. The number of carbonyl (C=O) groups excluding carboxylic acids is 1. The minimum Gasteiger partial charge on any atom is -0.483 e. The number of rotatable bonds is 5. The van der Waals surface area contributed by atoms with Crippen molar-refractivity contribution < 1.29 is 19.0 Å². The second-order valence-corrected chi connectivity index (χ2v) is 6.59. The highest BCUT2D eigenvalue weighted by molar-refractivity contribution is 9.10. The van der Waals surface area contributed by atoms with Crippen LogP contribution in [-0.2, 0) is 4.79 Å². The summed E-state index contributed by atoms with van der Waals surface area (Å²) in [6.45, 7) is 0.0732. The van der Waals surface area contributed by atoms with Gasteiger partial charge in [-0.25, -0.2) is 5.43 Å². The van der Waals surface area contributed by atoms with Gasteiger partial charge in [0.1, 0.15) is 5.75 Å². The van der Waals surface area contributed by atoms with Crippen LogP contribution in [0.1, 0.15) is 5.56 Å². The molecule has 1 N–H and O–H groups in total. The van der Waals surface area contributed by atoms with Crippen LogP contribution in [0.5, 0.6) is 17.2 Å². The van der Waals surface area contributed by atoms with E-state index in [1.807, 2.05) is 42.5 Å². The molecule has 0 atom stereocenters. The van der Waals surface area contributed by atoms with Crippen LogP contribution in [-0.4, -0.2) is 25.5 Å². The Balaban J connectivity index is 1.34. The Morgan fingerprint density at radius 1 is 1.15 bits per heavy atom. The van der Waals surface area contributed by atoms with Gasteiger partial charge in [0.05, 0.1) is 10.7 Å². The molecule has 0 aromatic heterocycles. The molecule has 0 radical (unpaired) electrons. The van der Waals surface area contributed by atoms with Crippen LogP contribution in [0.4, 0.5) is 0 Å². The number of hydrogen-bond donors (Lipinski definition) is 1. The number of ether oxygens (including phenoxy) is 3. The number of benzene rings is 3. The van der Waals surface area contributed by atoms with E-state index in [0.717, 1.165) is 20.8 Å². The van der Waals surface area contributed by atoms with Crippen molar-refractivity contribution in [1.82, 2.24) is 5.43 Å². The first-order valence-electron chi connectivity index (χ1n) is 8.22. The van der Waals surface area contributed by atoms with Crippen molar-refractivity contribution in [1.29, 1.82) is 0 Å². The molecule has 0 bridgehead atoms. The van der Waals surface area contributed by atoms with Gasteiger partial charge in [-0.15, -0.1) is 0 Å². The molecule has 0 saturated heterocycles. The van der Waals surface area contributed by atoms with E-state index in [1.54, 1.807) is 12.1 Å². The molecule has 1 amide bonds. The van der Waals surface area contributed by atoms with Crippen LogP contribution in [0, 0.1) is 0 Å². The van der Waals surface area contributed by atoms with E-state index in [0.29, 0.717) is 17.2 Å². The number of nitrogens with one attached hydrogen (secondary N) is 1. The Hall–Kier alpha value is -3.06. The fourth-order valence-corrected chi connectivity index (χ4v) is 3.28. The highest BCUT2D eigenvalue weighted by Crippen LogP contribution is 2.33. The Morgan fingerprint density at radius 3 is 2.93 bits per heavy atom. The van der Waals surface area contributed by atoms with Gasteiger partial charge in [-0.3, -0.25) is 4.79 Å². The molecule has 7 heteroatoms. The first kappa shape index (κ1) is 17.4. The summed E-state index contributed by atoms with van der Waals surface area (Å²) in [5.41, 5.74) is 3.23. The lowest BCUT2D eigenvalue weighted by molar-refractivity contribution is -0.123. The smallest absolute Gasteiger partial charge is 0.277 e. The van der Waals surface area contributed by atoms with Gasteiger partial charge in [0, 0.05) is 0 Å². The molecule has 27 heavy (non-hydrogen) atoms. The van der Waals surface area contributed by atoms with Gasteiger partial charge < -0.3 is 14.2 Å². The Bertz CT molecular complexity index is 1040. The summed E-state index contributed by atoms with van der Waals surface area (Å²) in [6.07, 6.45) is 1.53. The molecule has 0 aliphatic carbocycles.